The normalized spacial score (nSPS) is 20.9. The van der Waals surface area contributed by atoms with Crippen LogP contribution >= 0.6 is 11.6 Å². The van der Waals surface area contributed by atoms with Crippen molar-refractivity contribution in [2.45, 2.75) is 26.0 Å². The maximum atomic E-state index is 12.8. The van der Waals surface area contributed by atoms with Crippen LogP contribution in [0.15, 0.2) is 36.5 Å². The lowest BCUT2D eigenvalue weighted by Crippen LogP contribution is -2.48. The van der Waals surface area contributed by atoms with E-state index in [1.165, 1.54) is 6.92 Å². The number of nitrogens with zero attached hydrogens (tertiary/aromatic N) is 1. The predicted octanol–water partition coefficient (Wildman–Crippen LogP) is 3.47. The average Bonchev–Trinajstić information content (AvgIpc) is 3.06. The number of aromatic nitrogens is 1. The van der Waals surface area contributed by atoms with Crippen molar-refractivity contribution >= 4 is 23.3 Å². The van der Waals surface area contributed by atoms with Crippen LogP contribution in [-0.2, 0) is 4.74 Å². The van der Waals surface area contributed by atoms with Crippen LogP contribution in [0.2, 0.25) is 5.02 Å². The Hall–Kier alpha value is -2.11. The van der Waals surface area contributed by atoms with E-state index in [9.17, 15) is 9.59 Å². The van der Waals surface area contributed by atoms with Gasteiger partial charge in [-0.25, -0.2) is 0 Å². The molecule has 0 spiro atoms. The molecule has 126 valence electrons. The van der Waals surface area contributed by atoms with E-state index in [1.54, 1.807) is 17.2 Å². The molecule has 0 bridgehead atoms. The fourth-order valence-electron chi connectivity index (χ4n) is 2.84. The Morgan fingerprint density at radius 2 is 2.08 bits per heavy atom. The fraction of sp³-hybridized carbons (Fsp3) is 0.333. The number of rotatable bonds is 3. The van der Waals surface area contributed by atoms with Crippen LogP contribution in [0.3, 0.4) is 0 Å². The highest BCUT2D eigenvalue weighted by Gasteiger charge is 2.32. The molecular weight excluding hydrogens is 328 g/mol. The summed E-state index contributed by atoms with van der Waals surface area (Å²) in [5, 5.41) is 0.628. The molecule has 2 atom stereocenters. The predicted molar refractivity (Wildman–Crippen MR) is 91.4 cm³/mol. The van der Waals surface area contributed by atoms with Crippen molar-refractivity contribution in [2.24, 2.45) is 0 Å². The van der Waals surface area contributed by atoms with Crippen molar-refractivity contribution in [3.8, 4) is 0 Å². The van der Waals surface area contributed by atoms with Crippen molar-refractivity contribution in [1.82, 2.24) is 9.88 Å². The van der Waals surface area contributed by atoms with Crippen LogP contribution in [0.1, 0.15) is 46.4 Å². The van der Waals surface area contributed by atoms with Gasteiger partial charge >= 0.3 is 0 Å². The summed E-state index contributed by atoms with van der Waals surface area (Å²) in [7, 11) is 0. The summed E-state index contributed by atoms with van der Waals surface area (Å²) in [6.07, 6.45) is 1.30. The molecule has 1 N–H and O–H groups in total. The number of nitrogens with one attached hydrogen (secondary N) is 1. The molecule has 1 fully saturated rings. The Kier molecular flexibility index (Phi) is 4.73. The second-order valence-corrected chi connectivity index (χ2v) is 6.42. The van der Waals surface area contributed by atoms with Gasteiger partial charge < -0.3 is 14.6 Å². The van der Waals surface area contributed by atoms with Crippen molar-refractivity contribution in [3.63, 3.8) is 0 Å². The van der Waals surface area contributed by atoms with E-state index in [0.717, 1.165) is 5.56 Å². The second-order valence-electron chi connectivity index (χ2n) is 6.01. The van der Waals surface area contributed by atoms with Gasteiger partial charge in [0.1, 0.15) is 11.8 Å². The van der Waals surface area contributed by atoms with Gasteiger partial charge in [0.25, 0.3) is 5.91 Å². The van der Waals surface area contributed by atoms with Gasteiger partial charge in [-0.2, -0.15) is 0 Å². The maximum absolute atomic E-state index is 12.8. The van der Waals surface area contributed by atoms with Gasteiger partial charge in [-0.15, -0.1) is 0 Å². The summed E-state index contributed by atoms with van der Waals surface area (Å²) in [6.45, 7) is 4.26. The zero-order valence-electron chi connectivity index (χ0n) is 13.6. The molecule has 1 amide bonds. The van der Waals surface area contributed by atoms with Crippen molar-refractivity contribution in [2.75, 3.05) is 13.2 Å². The highest BCUT2D eigenvalue weighted by molar-refractivity contribution is 6.31. The van der Waals surface area contributed by atoms with E-state index in [4.69, 9.17) is 16.3 Å². The van der Waals surface area contributed by atoms with Crippen LogP contribution in [0.5, 0.6) is 0 Å². The third-order valence-electron chi connectivity index (χ3n) is 4.27. The largest absolute Gasteiger partial charge is 0.369 e. The van der Waals surface area contributed by atoms with Gasteiger partial charge in [-0.05, 0) is 26.0 Å². The molecule has 6 heteroatoms. The van der Waals surface area contributed by atoms with Crippen LogP contribution in [-0.4, -0.2) is 40.8 Å². The zero-order valence-corrected chi connectivity index (χ0v) is 14.3. The summed E-state index contributed by atoms with van der Waals surface area (Å²) < 4.78 is 5.87. The highest BCUT2D eigenvalue weighted by Crippen LogP contribution is 2.30. The van der Waals surface area contributed by atoms with Crippen molar-refractivity contribution in [3.05, 3.63) is 58.4 Å². The molecule has 24 heavy (non-hydrogen) atoms. The van der Waals surface area contributed by atoms with E-state index in [2.05, 4.69) is 4.98 Å². The number of H-pyrrole nitrogens is 1. The van der Waals surface area contributed by atoms with Gasteiger partial charge in [0.05, 0.1) is 19.2 Å². The van der Waals surface area contributed by atoms with Gasteiger partial charge in [0.15, 0.2) is 5.78 Å². The van der Waals surface area contributed by atoms with E-state index < -0.39 is 0 Å². The highest BCUT2D eigenvalue weighted by atomic mass is 35.5. The molecule has 1 aromatic carbocycles. The molecule has 1 aliphatic heterocycles. The molecule has 0 aliphatic carbocycles. The Morgan fingerprint density at radius 1 is 1.33 bits per heavy atom. The Labute approximate surface area is 145 Å². The fourth-order valence-corrected chi connectivity index (χ4v) is 3.10. The molecule has 0 radical (unpaired) electrons. The van der Waals surface area contributed by atoms with Gasteiger partial charge in [0.2, 0.25) is 0 Å². The van der Waals surface area contributed by atoms with E-state index in [1.807, 2.05) is 31.2 Å². The molecule has 1 aliphatic rings. The standard InChI is InChI=1S/C18H19ClN2O3/c1-11-10-24-17(14-5-3-4-6-15(14)19)9-21(11)18(23)16-7-13(8-20-16)12(2)22/h3-8,11,17,20H,9-10H2,1-2H3/t11-,17+/m1/s1. The van der Waals surface area contributed by atoms with Crippen molar-refractivity contribution in [1.29, 1.82) is 0 Å². The number of morpholine rings is 1. The summed E-state index contributed by atoms with van der Waals surface area (Å²) in [5.41, 5.74) is 1.79. The first kappa shape index (κ1) is 16.7. The number of carbonyl (C=O) groups is 2. The quantitative estimate of drug-likeness (QED) is 0.865. The van der Waals surface area contributed by atoms with Crippen molar-refractivity contribution < 1.29 is 14.3 Å². The summed E-state index contributed by atoms with van der Waals surface area (Å²) in [4.78, 5) is 28.9. The number of carbonyl (C=O) groups excluding carboxylic acids is 2. The smallest absolute Gasteiger partial charge is 0.270 e. The minimum Gasteiger partial charge on any atom is -0.369 e. The number of ketones is 1. The van der Waals surface area contributed by atoms with Crippen LogP contribution in [0.4, 0.5) is 0 Å². The molecule has 2 aromatic rings. The molecule has 3 rings (SSSR count). The first-order chi connectivity index (χ1) is 11.5. The lowest BCUT2D eigenvalue weighted by Gasteiger charge is -2.38. The summed E-state index contributed by atoms with van der Waals surface area (Å²) in [5.74, 6) is -0.218. The SMILES string of the molecule is CC(=O)c1c[nH]c(C(=O)N2C[C@@H](c3ccccc3Cl)OC[C@H]2C)c1. The number of halogens is 1. The first-order valence-electron chi connectivity index (χ1n) is 7.83. The van der Waals surface area contributed by atoms with Crippen LogP contribution < -0.4 is 0 Å². The minimum atomic E-state index is -0.263. The third kappa shape index (κ3) is 3.23. The number of hydrogen-bond acceptors (Lipinski definition) is 3. The number of aromatic amines is 1. The molecule has 2 heterocycles. The molecular formula is C18H19ClN2O3. The lowest BCUT2D eigenvalue weighted by atomic mass is 10.1. The molecule has 0 unspecified atom stereocenters. The summed E-state index contributed by atoms with van der Waals surface area (Å²) in [6, 6.07) is 9.03. The van der Waals surface area contributed by atoms with E-state index >= 15 is 0 Å². The minimum absolute atomic E-state index is 0.0553. The number of Topliss-reactive ketones (excluding diaryl/α,β-unsaturated/α-hetero) is 1. The Morgan fingerprint density at radius 3 is 2.75 bits per heavy atom. The second kappa shape index (κ2) is 6.79. The van der Waals surface area contributed by atoms with E-state index in [-0.39, 0.29) is 23.8 Å². The van der Waals surface area contributed by atoms with Crippen LogP contribution in [0, 0.1) is 0 Å². The van der Waals surface area contributed by atoms with E-state index in [0.29, 0.717) is 29.4 Å². The monoisotopic (exact) mass is 346 g/mol. The zero-order chi connectivity index (χ0) is 17.3. The summed E-state index contributed by atoms with van der Waals surface area (Å²) >= 11 is 6.25. The Balaban J connectivity index is 1.82. The average molecular weight is 347 g/mol. The number of amides is 1. The molecule has 5 nitrogen and oxygen atoms in total. The molecule has 1 aromatic heterocycles. The maximum Gasteiger partial charge on any atom is 0.270 e. The number of hydrogen-bond donors (Lipinski definition) is 1. The van der Waals surface area contributed by atoms with Gasteiger partial charge in [-0.3, -0.25) is 9.59 Å². The van der Waals surface area contributed by atoms with Crippen LogP contribution in [0.25, 0.3) is 0 Å². The van der Waals surface area contributed by atoms with Gasteiger partial charge in [-0.1, -0.05) is 29.8 Å². The Bertz CT molecular complexity index is 771. The number of ether oxygens (including phenoxy) is 1. The topological polar surface area (TPSA) is 62.4 Å². The lowest BCUT2D eigenvalue weighted by molar-refractivity contribution is -0.0487. The first-order valence-corrected chi connectivity index (χ1v) is 8.21. The number of benzene rings is 1. The molecule has 0 saturated carbocycles. The molecule has 1 saturated heterocycles. The van der Waals surface area contributed by atoms with Gasteiger partial charge in [0, 0.05) is 22.3 Å². The third-order valence-corrected chi connectivity index (χ3v) is 4.61.